The molecule has 52 heavy (non-hydrogen) atoms. The Hall–Kier alpha value is -1.51. The molecule has 0 heterocycles. The van der Waals surface area contributed by atoms with Crippen LogP contribution in [0.1, 0.15) is 181 Å². The molecule has 1 N–H and O–H groups in total. The second kappa shape index (κ2) is 35.2. The van der Waals surface area contributed by atoms with Crippen molar-refractivity contribution in [3.05, 3.63) is 24.3 Å². The molecule has 0 amide bonds. The van der Waals surface area contributed by atoms with E-state index in [1.807, 2.05) is 21.1 Å². The van der Waals surface area contributed by atoms with Gasteiger partial charge < -0.3 is 18.9 Å². The van der Waals surface area contributed by atoms with E-state index in [0.29, 0.717) is 23.9 Å². The molecule has 0 aliphatic rings. The average Bonchev–Trinajstić information content (AvgIpc) is 3.09. The molecule has 0 aromatic rings. The van der Waals surface area contributed by atoms with Crippen LogP contribution in [0.25, 0.3) is 0 Å². The third kappa shape index (κ3) is 38.2. The van der Waals surface area contributed by atoms with Crippen molar-refractivity contribution in [1.82, 2.24) is 0 Å². The quantitative estimate of drug-likeness (QED) is 0.0218. The second-order valence-corrected chi connectivity index (χ2v) is 16.8. The zero-order valence-corrected chi connectivity index (χ0v) is 35.2. The molecule has 0 bridgehead atoms. The molecule has 0 aromatic heterocycles. The highest BCUT2D eigenvalue weighted by Gasteiger charge is 2.27. The number of phosphoric acid groups is 1. The first kappa shape index (κ1) is 50.5. The van der Waals surface area contributed by atoms with Crippen molar-refractivity contribution in [3.63, 3.8) is 0 Å². The molecule has 0 saturated heterocycles. The summed E-state index contributed by atoms with van der Waals surface area (Å²) in [5, 5.41) is 0. The van der Waals surface area contributed by atoms with Crippen molar-refractivity contribution >= 4 is 19.8 Å². The largest absolute Gasteiger partial charge is 0.472 e. The van der Waals surface area contributed by atoms with E-state index in [1.54, 1.807) is 0 Å². The Morgan fingerprint density at radius 3 is 1.46 bits per heavy atom. The van der Waals surface area contributed by atoms with E-state index in [9.17, 15) is 19.0 Å². The van der Waals surface area contributed by atoms with Crippen molar-refractivity contribution in [2.45, 2.75) is 187 Å². The molecular formula is C42H81NO8P+. The molecule has 2 atom stereocenters. The van der Waals surface area contributed by atoms with Gasteiger partial charge in [0.05, 0.1) is 27.7 Å². The van der Waals surface area contributed by atoms with E-state index < -0.39 is 26.5 Å². The predicted molar refractivity (Wildman–Crippen MR) is 215 cm³/mol. The van der Waals surface area contributed by atoms with E-state index in [0.717, 1.165) is 44.9 Å². The van der Waals surface area contributed by atoms with Crippen LogP contribution in [-0.4, -0.2) is 74.9 Å². The molecular weight excluding hydrogens is 677 g/mol. The number of ether oxygens (including phenoxy) is 2. The number of likely N-dealkylation sites (N-methyl/N-ethyl adjacent to an activating group) is 1. The maximum Gasteiger partial charge on any atom is 0.472 e. The molecule has 306 valence electrons. The maximum absolute atomic E-state index is 12.6. The van der Waals surface area contributed by atoms with Gasteiger partial charge in [0, 0.05) is 12.8 Å². The number of hydrogen-bond donors (Lipinski definition) is 1. The normalized spacial score (nSPS) is 13.9. The van der Waals surface area contributed by atoms with E-state index >= 15 is 0 Å². The number of hydrogen-bond acceptors (Lipinski definition) is 7. The molecule has 0 aromatic carbocycles. The maximum atomic E-state index is 12.6. The number of allylic oxidation sites excluding steroid dienone is 4. The lowest BCUT2D eigenvalue weighted by Gasteiger charge is -2.24. The van der Waals surface area contributed by atoms with E-state index in [-0.39, 0.29) is 32.0 Å². The summed E-state index contributed by atoms with van der Waals surface area (Å²) in [4.78, 5) is 35.2. The molecule has 0 radical (unpaired) electrons. The lowest BCUT2D eigenvalue weighted by atomic mass is 10.1. The zero-order valence-electron chi connectivity index (χ0n) is 34.3. The van der Waals surface area contributed by atoms with Crippen LogP contribution in [0.2, 0.25) is 0 Å². The number of rotatable bonds is 38. The summed E-state index contributed by atoms with van der Waals surface area (Å²) in [6, 6.07) is 0. The standard InChI is InChI=1S/C42H80NO8P/c1-6-8-10-12-14-16-18-20-21-23-25-27-29-31-33-35-42(45)51-40(39-50-52(46,47)49-37-36-43(3,4)5)38-48-41(44)34-32-30-28-26-24-22-19-17-15-13-11-9-7-2/h22,24-25,27,40H,6-21,23,26,28-39H2,1-5H3/p+1/b24-22+,27-25+/t40-/m1/s1. The SMILES string of the molecule is CCCCCCCC/C=C/CCCCCC(=O)OC[C@H](COP(=O)(O)OCC[N+](C)(C)C)OC(=O)CCCC/C=C/CCCCCCCCCCC. The predicted octanol–water partition coefficient (Wildman–Crippen LogP) is 11.6. The van der Waals surface area contributed by atoms with Gasteiger partial charge in [-0.2, -0.15) is 0 Å². The van der Waals surface area contributed by atoms with Gasteiger partial charge in [-0.25, -0.2) is 4.57 Å². The fourth-order valence-electron chi connectivity index (χ4n) is 5.59. The number of quaternary nitrogens is 1. The second-order valence-electron chi connectivity index (χ2n) is 15.4. The van der Waals surface area contributed by atoms with Gasteiger partial charge >= 0.3 is 19.8 Å². The van der Waals surface area contributed by atoms with Gasteiger partial charge in [0.2, 0.25) is 0 Å². The van der Waals surface area contributed by atoms with Gasteiger partial charge in [0.15, 0.2) is 6.10 Å². The fourth-order valence-corrected chi connectivity index (χ4v) is 6.33. The van der Waals surface area contributed by atoms with Crippen molar-refractivity contribution < 1.29 is 42.1 Å². The van der Waals surface area contributed by atoms with E-state index in [4.69, 9.17) is 18.5 Å². The van der Waals surface area contributed by atoms with Crippen LogP contribution in [0, 0.1) is 0 Å². The minimum absolute atomic E-state index is 0.0271. The Kier molecular flexibility index (Phi) is 34.2. The monoisotopic (exact) mass is 759 g/mol. The Morgan fingerprint density at radius 2 is 0.981 bits per heavy atom. The van der Waals surface area contributed by atoms with Gasteiger partial charge in [-0.1, -0.05) is 128 Å². The molecule has 1 unspecified atom stereocenters. The summed E-state index contributed by atoms with van der Waals surface area (Å²) in [7, 11) is 1.46. The highest BCUT2D eigenvalue weighted by Crippen LogP contribution is 2.43. The molecule has 0 aliphatic heterocycles. The lowest BCUT2D eigenvalue weighted by Crippen LogP contribution is -2.37. The molecule has 9 nitrogen and oxygen atoms in total. The number of carbonyl (C=O) groups is 2. The van der Waals surface area contributed by atoms with Crippen LogP contribution in [0.5, 0.6) is 0 Å². The van der Waals surface area contributed by atoms with Gasteiger partial charge in [0.1, 0.15) is 19.8 Å². The van der Waals surface area contributed by atoms with E-state index in [1.165, 1.54) is 96.3 Å². The van der Waals surface area contributed by atoms with Gasteiger partial charge in [-0.15, -0.1) is 0 Å². The molecule has 0 spiro atoms. The smallest absolute Gasteiger partial charge is 0.462 e. The third-order valence-electron chi connectivity index (χ3n) is 8.95. The van der Waals surface area contributed by atoms with Crippen LogP contribution in [0.4, 0.5) is 0 Å². The number of unbranched alkanes of at least 4 members (excludes halogenated alkanes) is 20. The highest BCUT2D eigenvalue weighted by atomic mass is 31.2. The minimum atomic E-state index is -4.38. The van der Waals surface area contributed by atoms with Crippen LogP contribution in [0.15, 0.2) is 24.3 Å². The van der Waals surface area contributed by atoms with Crippen LogP contribution in [-0.2, 0) is 32.7 Å². The molecule has 0 fully saturated rings. The first-order chi connectivity index (χ1) is 25.0. The van der Waals surface area contributed by atoms with Crippen LogP contribution >= 0.6 is 7.82 Å². The Balaban J connectivity index is 4.44. The average molecular weight is 759 g/mol. The lowest BCUT2D eigenvalue weighted by molar-refractivity contribution is -0.870. The molecule has 0 aliphatic carbocycles. The summed E-state index contributed by atoms with van der Waals surface area (Å²) in [6.45, 7) is 4.37. The Morgan fingerprint density at radius 1 is 0.577 bits per heavy atom. The zero-order chi connectivity index (χ0) is 38.6. The summed E-state index contributed by atoms with van der Waals surface area (Å²) in [6.07, 6.45) is 36.6. The summed E-state index contributed by atoms with van der Waals surface area (Å²) >= 11 is 0. The van der Waals surface area contributed by atoms with Gasteiger partial charge in [-0.05, 0) is 64.2 Å². The number of carbonyl (C=O) groups excluding carboxylic acids is 2. The summed E-state index contributed by atoms with van der Waals surface area (Å²) in [5.41, 5.74) is 0. The third-order valence-corrected chi connectivity index (χ3v) is 9.94. The Labute approximate surface area is 319 Å². The molecule has 0 rings (SSSR count). The number of phosphoric ester groups is 1. The van der Waals surface area contributed by atoms with Crippen LogP contribution < -0.4 is 0 Å². The van der Waals surface area contributed by atoms with Gasteiger partial charge in [0.25, 0.3) is 0 Å². The van der Waals surface area contributed by atoms with Crippen LogP contribution in [0.3, 0.4) is 0 Å². The first-order valence-electron chi connectivity index (χ1n) is 21.1. The van der Waals surface area contributed by atoms with Crippen molar-refractivity contribution in [1.29, 1.82) is 0 Å². The van der Waals surface area contributed by atoms with Crippen molar-refractivity contribution in [2.75, 3.05) is 47.5 Å². The minimum Gasteiger partial charge on any atom is -0.462 e. The number of nitrogens with zero attached hydrogens (tertiary/aromatic N) is 1. The summed E-state index contributed by atoms with van der Waals surface area (Å²) < 4.78 is 34.2. The molecule has 10 heteroatoms. The van der Waals surface area contributed by atoms with E-state index in [2.05, 4.69) is 38.2 Å². The first-order valence-corrected chi connectivity index (χ1v) is 22.6. The summed E-state index contributed by atoms with van der Waals surface area (Å²) in [5.74, 6) is -0.841. The van der Waals surface area contributed by atoms with Gasteiger partial charge in [-0.3, -0.25) is 18.6 Å². The Bertz CT molecular complexity index is 949. The number of esters is 2. The fraction of sp³-hybridized carbons (Fsp3) is 0.857. The van der Waals surface area contributed by atoms with Crippen molar-refractivity contribution in [2.24, 2.45) is 0 Å². The highest BCUT2D eigenvalue weighted by molar-refractivity contribution is 7.47. The van der Waals surface area contributed by atoms with Crippen molar-refractivity contribution in [3.8, 4) is 0 Å². The topological polar surface area (TPSA) is 108 Å². The molecule has 0 saturated carbocycles.